The zero-order valence-corrected chi connectivity index (χ0v) is 24.5. The molecule has 3 aromatic heterocycles. The van der Waals surface area contributed by atoms with Gasteiger partial charge in [-0.3, -0.25) is 14.4 Å². The van der Waals surface area contributed by atoms with Crippen molar-refractivity contribution >= 4 is 50.8 Å². The topological polar surface area (TPSA) is 135 Å². The second kappa shape index (κ2) is 10.6. The van der Waals surface area contributed by atoms with Crippen molar-refractivity contribution in [2.45, 2.75) is 38.4 Å². The lowest BCUT2D eigenvalue weighted by atomic mass is 9.76. The molecule has 4 aromatic rings. The molecule has 1 aliphatic heterocycles. The normalized spacial score (nSPS) is 16.1. The minimum atomic E-state index is -4.59. The van der Waals surface area contributed by atoms with Crippen LogP contribution in [-0.2, 0) is 30.4 Å². The van der Waals surface area contributed by atoms with E-state index in [4.69, 9.17) is 11.6 Å². The van der Waals surface area contributed by atoms with E-state index in [9.17, 15) is 32.7 Å². The summed E-state index contributed by atoms with van der Waals surface area (Å²) >= 11 is 9.22. The van der Waals surface area contributed by atoms with Crippen LogP contribution in [0.15, 0.2) is 46.1 Å². The molecule has 0 bridgehead atoms. The predicted molar refractivity (Wildman–Crippen MR) is 151 cm³/mol. The maximum atomic E-state index is 13.5. The molecule has 2 aliphatic rings. The Morgan fingerprint density at radius 2 is 1.91 bits per heavy atom. The summed E-state index contributed by atoms with van der Waals surface area (Å²) in [6.45, 7) is 0.448. The van der Waals surface area contributed by atoms with Crippen LogP contribution < -0.4 is 10.9 Å². The molecule has 6 rings (SSSR count). The lowest BCUT2D eigenvalue weighted by molar-refractivity contribution is -0.137. The van der Waals surface area contributed by atoms with E-state index in [1.165, 1.54) is 18.3 Å². The lowest BCUT2D eigenvalue weighted by Gasteiger charge is -2.39. The van der Waals surface area contributed by atoms with Crippen LogP contribution in [0.3, 0.4) is 0 Å². The molecule has 0 atom stereocenters. The van der Waals surface area contributed by atoms with Gasteiger partial charge in [0.25, 0.3) is 11.5 Å². The largest absolute Gasteiger partial charge is 0.505 e. The minimum Gasteiger partial charge on any atom is -0.505 e. The van der Waals surface area contributed by atoms with Gasteiger partial charge < -0.3 is 19.9 Å². The molecule has 1 saturated heterocycles. The Morgan fingerprint density at radius 1 is 1.16 bits per heavy atom. The molecule has 0 unspecified atom stereocenters. The van der Waals surface area contributed by atoms with Crippen molar-refractivity contribution in [2.24, 2.45) is 5.41 Å². The Balaban J connectivity index is 1.26. The smallest absolute Gasteiger partial charge is 0.416 e. The second-order valence-electron chi connectivity index (χ2n) is 10.7. The number of rotatable bonds is 4. The second-order valence-corrected chi connectivity index (χ2v) is 11.8. The Hall–Kier alpha value is -3.98. The van der Waals surface area contributed by atoms with Gasteiger partial charge in [0.15, 0.2) is 5.69 Å². The van der Waals surface area contributed by atoms with Gasteiger partial charge in [0.05, 0.1) is 16.3 Å². The molecule has 2 N–H and O–H groups in total. The van der Waals surface area contributed by atoms with E-state index in [2.05, 4.69) is 36.3 Å². The number of halogens is 5. The van der Waals surface area contributed by atoms with Gasteiger partial charge >= 0.3 is 6.18 Å². The SMILES string of the molecule is O=C(Cn1c2c(c(=O)n3nc(Br)nc13)CC1(CCN(C(=O)c3ncccc3O)CC1)C2)Nc1ccc(C(F)(F)F)cc1Cl. The highest BCUT2D eigenvalue weighted by Gasteiger charge is 2.44. The molecular weight excluding hydrogens is 659 g/mol. The van der Waals surface area contributed by atoms with Crippen molar-refractivity contribution in [3.63, 3.8) is 0 Å². The standard InChI is InChI=1S/C27H22BrClF3N7O4/c28-24-35-25-38(13-20(41)34-17-4-3-14(10-16(17)29)27(30,31)32)18-12-26(11-15(18)22(42)39(25)36-24)5-8-37(9-6-26)23(43)21-19(40)2-1-7-33-21/h1-4,7,10,40H,5-6,8-9,11-13H2,(H,34,41). The van der Waals surface area contributed by atoms with Gasteiger partial charge in [0.2, 0.25) is 16.4 Å². The first-order valence-corrected chi connectivity index (χ1v) is 14.3. The summed E-state index contributed by atoms with van der Waals surface area (Å²) in [7, 11) is 0. The number of likely N-dealkylation sites (tertiary alicyclic amines) is 1. The lowest BCUT2D eigenvalue weighted by Crippen LogP contribution is -2.44. The van der Waals surface area contributed by atoms with Crippen molar-refractivity contribution in [1.29, 1.82) is 0 Å². The molecule has 11 nitrogen and oxygen atoms in total. The maximum Gasteiger partial charge on any atom is 0.416 e. The third kappa shape index (κ3) is 5.35. The highest BCUT2D eigenvalue weighted by molar-refractivity contribution is 9.10. The molecule has 0 saturated carbocycles. The molecule has 1 spiro atoms. The van der Waals surface area contributed by atoms with Gasteiger partial charge in [-0.25, -0.2) is 4.98 Å². The Kier molecular flexibility index (Phi) is 7.19. The molecule has 16 heteroatoms. The number of carbonyl (C=O) groups is 2. The monoisotopic (exact) mass is 679 g/mol. The van der Waals surface area contributed by atoms with Crippen molar-refractivity contribution in [2.75, 3.05) is 18.4 Å². The molecule has 43 heavy (non-hydrogen) atoms. The first kappa shape index (κ1) is 29.1. The Labute approximate surface area is 254 Å². The van der Waals surface area contributed by atoms with E-state index < -0.39 is 17.6 Å². The molecule has 1 aromatic carbocycles. The van der Waals surface area contributed by atoms with Crippen molar-refractivity contribution in [1.82, 2.24) is 29.0 Å². The fourth-order valence-electron chi connectivity index (χ4n) is 5.84. The molecule has 0 radical (unpaired) electrons. The van der Waals surface area contributed by atoms with Gasteiger partial charge in [-0.05, 0) is 77.4 Å². The van der Waals surface area contributed by atoms with Crippen molar-refractivity contribution in [3.8, 4) is 5.75 Å². The first-order chi connectivity index (χ1) is 20.3. The number of alkyl halides is 3. The summed E-state index contributed by atoms with van der Waals surface area (Å²) < 4.78 is 42.0. The molecule has 1 fully saturated rings. The third-order valence-electron chi connectivity index (χ3n) is 8.00. The molecule has 1 aliphatic carbocycles. The number of hydrogen-bond acceptors (Lipinski definition) is 7. The maximum absolute atomic E-state index is 13.5. The quantitative estimate of drug-likeness (QED) is 0.332. The highest BCUT2D eigenvalue weighted by Crippen LogP contribution is 2.44. The van der Waals surface area contributed by atoms with Crippen LogP contribution in [0.2, 0.25) is 5.02 Å². The fraction of sp³-hybridized carbons (Fsp3) is 0.333. The van der Waals surface area contributed by atoms with E-state index in [0.29, 0.717) is 50.0 Å². The van der Waals surface area contributed by atoms with Crippen LogP contribution in [0.1, 0.15) is 40.2 Å². The van der Waals surface area contributed by atoms with Crippen LogP contribution >= 0.6 is 27.5 Å². The minimum absolute atomic E-state index is 0.00322. The predicted octanol–water partition coefficient (Wildman–Crippen LogP) is 4.09. The summed E-state index contributed by atoms with van der Waals surface area (Å²) in [4.78, 5) is 49.5. The zero-order chi connectivity index (χ0) is 30.7. The number of benzene rings is 1. The number of hydrogen-bond donors (Lipinski definition) is 2. The van der Waals surface area contributed by atoms with E-state index in [0.717, 1.165) is 22.7 Å². The third-order valence-corrected chi connectivity index (χ3v) is 8.65. The summed E-state index contributed by atoms with van der Waals surface area (Å²) in [5.41, 5.74) is -0.609. The average molecular weight is 681 g/mol. The van der Waals surface area contributed by atoms with E-state index in [1.54, 1.807) is 9.47 Å². The van der Waals surface area contributed by atoms with Crippen LogP contribution in [-0.4, -0.2) is 59.1 Å². The molecular formula is C27H22BrClF3N7O4. The Bertz CT molecular complexity index is 1850. The molecule has 224 valence electrons. The van der Waals surface area contributed by atoms with Gasteiger partial charge in [0.1, 0.15) is 12.3 Å². The highest BCUT2D eigenvalue weighted by atomic mass is 79.9. The number of nitrogens with zero attached hydrogens (tertiary/aromatic N) is 6. The fourth-order valence-corrected chi connectivity index (χ4v) is 6.38. The first-order valence-electron chi connectivity index (χ1n) is 13.1. The number of anilines is 1. The van der Waals surface area contributed by atoms with Gasteiger partial charge in [0, 0.05) is 30.5 Å². The number of aromatic nitrogens is 5. The average Bonchev–Trinajstić information content (AvgIpc) is 3.53. The number of pyridine rings is 1. The summed E-state index contributed by atoms with van der Waals surface area (Å²) in [5, 5.41) is 16.5. The van der Waals surface area contributed by atoms with Crippen LogP contribution in [0, 0.1) is 5.41 Å². The van der Waals surface area contributed by atoms with Crippen LogP contribution in [0.5, 0.6) is 5.75 Å². The number of piperidine rings is 1. The number of fused-ring (bicyclic) bond motifs is 2. The number of aromatic hydroxyl groups is 1. The van der Waals surface area contributed by atoms with Crippen molar-refractivity contribution in [3.05, 3.63) is 79.2 Å². The Morgan fingerprint density at radius 3 is 2.58 bits per heavy atom. The molecule has 2 amide bonds. The summed E-state index contributed by atoms with van der Waals surface area (Å²) in [5.74, 6) is -1.05. The van der Waals surface area contributed by atoms with Crippen LogP contribution in [0.4, 0.5) is 18.9 Å². The van der Waals surface area contributed by atoms with Crippen LogP contribution in [0.25, 0.3) is 5.78 Å². The van der Waals surface area contributed by atoms with Gasteiger partial charge in [-0.2, -0.15) is 22.7 Å². The van der Waals surface area contributed by atoms with E-state index in [1.807, 2.05) is 0 Å². The van der Waals surface area contributed by atoms with Gasteiger partial charge in [-0.15, -0.1) is 5.10 Å². The van der Waals surface area contributed by atoms with E-state index >= 15 is 0 Å². The number of amides is 2. The number of nitrogens with one attached hydrogen (secondary N) is 1. The summed E-state index contributed by atoms with van der Waals surface area (Å²) in [6, 6.07) is 5.57. The zero-order valence-electron chi connectivity index (χ0n) is 22.2. The van der Waals surface area contributed by atoms with Gasteiger partial charge in [-0.1, -0.05) is 11.6 Å². The number of carbonyl (C=O) groups excluding carboxylic acids is 2. The summed E-state index contributed by atoms with van der Waals surface area (Å²) in [6.07, 6.45) is -1.19. The van der Waals surface area contributed by atoms with Crippen molar-refractivity contribution < 1.29 is 27.9 Å². The molecule has 4 heterocycles. The van der Waals surface area contributed by atoms with E-state index in [-0.39, 0.29) is 56.1 Å².